The molecule has 16 heavy (non-hydrogen) atoms. The van der Waals surface area contributed by atoms with Crippen LogP contribution in [0.25, 0.3) is 0 Å². The van der Waals surface area contributed by atoms with Gasteiger partial charge in [-0.15, -0.1) is 0 Å². The van der Waals surface area contributed by atoms with Crippen LogP contribution in [0.15, 0.2) is 0 Å². The van der Waals surface area contributed by atoms with E-state index in [9.17, 15) is 0 Å². The summed E-state index contributed by atoms with van der Waals surface area (Å²) < 4.78 is 0. The van der Waals surface area contributed by atoms with Crippen LogP contribution in [0, 0.1) is 35.5 Å². The van der Waals surface area contributed by atoms with Gasteiger partial charge in [-0.05, 0) is 61.2 Å². The zero-order chi connectivity index (χ0) is 10.7. The van der Waals surface area contributed by atoms with Crippen LogP contribution in [-0.4, -0.2) is 5.25 Å². The van der Waals surface area contributed by atoms with Crippen molar-refractivity contribution in [2.24, 2.45) is 35.5 Å². The molecular weight excluding hydrogens is 212 g/mol. The molecule has 90 valence electrons. The average molecular weight is 236 g/mol. The summed E-state index contributed by atoms with van der Waals surface area (Å²) in [6.07, 6.45) is 12.3. The zero-order valence-electron chi connectivity index (χ0n) is 10.1. The van der Waals surface area contributed by atoms with Crippen molar-refractivity contribution in [3.63, 3.8) is 0 Å². The van der Waals surface area contributed by atoms with Gasteiger partial charge in [-0.2, -0.15) is 12.6 Å². The fourth-order valence-corrected chi connectivity index (χ4v) is 6.15. The van der Waals surface area contributed by atoms with E-state index in [0.29, 0.717) is 0 Å². The van der Waals surface area contributed by atoms with Crippen molar-refractivity contribution in [2.75, 3.05) is 0 Å². The van der Waals surface area contributed by atoms with Gasteiger partial charge in [0.25, 0.3) is 0 Å². The monoisotopic (exact) mass is 236 g/mol. The van der Waals surface area contributed by atoms with Crippen molar-refractivity contribution in [2.45, 2.75) is 56.6 Å². The van der Waals surface area contributed by atoms with Crippen LogP contribution in [0.3, 0.4) is 0 Å². The molecule has 4 fully saturated rings. The van der Waals surface area contributed by atoms with Crippen LogP contribution in [-0.2, 0) is 0 Å². The minimum Gasteiger partial charge on any atom is -0.176 e. The third kappa shape index (κ3) is 1.50. The second-order valence-electron chi connectivity index (χ2n) is 7.07. The molecule has 0 aromatic heterocycles. The van der Waals surface area contributed by atoms with Crippen LogP contribution in [0.1, 0.15) is 51.4 Å². The average Bonchev–Trinajstić information content (AvgIpc) is 3.04. The number of fused-ring (bicyclic) bond motifs is 6. The van der Waals surface area contributed by atoms with Gasteiger partial charge in [0.05, 0.1) is 0 Å². The maximum Gasteiger partial charge on any atom is 0.00506 e. The third-order valence-electron chi connectivity index (χ3n) is 6.28. The van der Waals surface area contributed by atoms with Gasteiger partial charge >= 0.3 is 0 Å². The molecule has 0 aromatic carbocycles. The lowest BCUT2D eigenvalue weighted by Gasteiger charge is -2.40. The Morgan fingerprint density at radius 2 is 1.69 bits per heavy atom. The van der Waals surface area contributed by atoms with E-state index < -0.39 is 0 Å². The molecule has 1 heteroatoms. The summed E-state index contributed by atoms with van der Waals surface area (Å²) >= 11 is 4.95. The molecule has 0 N–H and O–H groups in total. The molecule has 0 saturated heterocycles. The van der Waals surface area contributed by atoms with Gasteiger partial charge in [0, 0.05) is 5.25 Å². The fourth-order valence-electron chi connectivity index (χ4n) is 5.53. The SMILES string of the molecule is S[C@H]1CC2CC2C2C3CCCC(CC[C@H]21)C3. The van der Waals surface area contributed by atoms with Crippen LogP contribution in [0.5, 0.6) is 0 Å². The molecule has 0 aromatic rings. The Morgan fingerprint density at radius 3 is 2.62 bits per heavy atom. The lowest BCUT2D eigenvalue weighted by Crippen LogP contribution is -2.35. The second kappa shape index (κ2) is 3.67. The van der Waals surface area contributed by atoms with E-state index in [1.165, 1.54) is 25.7 Å². The summed E-state index contributed by atoms with van der Waals surface area (Å²) in [6, 6.07) is 0. The van der Waals surface area contributed by atoms with E-state index in [2.05, 4.69) is 0 Å². The van der Waals surface area contributed by atoms with E-state index in [-0.39, 0.29) is 0 Å². The molecule has 0 amide bonds. The maximum absolute atomic E-state index is 4.95. The topological polar surface area (TPSA) is 0 Å². The summed E-state index contributed by atoms with van der Waals surface area (Å²) in [6.45, 7) is 0. The molecule has 7 atom stereocenters. The zero-order valence-corrected chi connectivity index (χ0v) is 11.0. The van der Waals surface area contributed by atoms with Gasteiger partial charge in [-0.25, -0.2) is 0 Å². The van der Waals surface area contributed by atoms with Gasteiger partial charge in [0.2, 0.25) is 0 Å². The van der Waals surface area contributed by atoms with Gasteiger partial charge in [0.15, 0.2) is 0 Å². The van der Waals surface area contributed by atoms with Crippen molar-refractivity contribution >= 4 is 12.6 Å². The summed E-state index contributed by atoms with van der Waals surface area (Å²) in [4.78, 5) is 0. The Balaban J connectivity index is 1.64. The molecular formula is C15H24S. The quantitative estimate of drug-likeness (QED) is 0.600. The highest BCUT2D eigenvalue weighted by atomic mass is 32.1. The van der Waals surface area contributed by atoms with Crippen molar-refractivity contribution in [1.82, 2.24) is 0 Å². The normalized spacial score (nSPS) is 59.4. The number of thiol groups is 1. The van der Waals surface area contributed by atoms with Crippen molar-refractivity contribution < 1.29 is 0 Å². The molecule has 0 heterocycles. The highest BCUT2D eigenvalue weighted by Gasteiger charge is 2.55. The minimum atomic E-state index is 0.757. The largest absolute Gasteiger partial charge is 0.176 e. The van der Waals surface area contributed by atoms with Crippen LogP contribution in [0.2, 0.25) is 0 Å². The third-order valence-corrected chi connectivity index (χ3v) is 6.87. The van der Waals surface area contributed by atoms with Gasteiger partial charge in [0.1, 0.15) is 0 Å². The van der Waals surface area contributed by atoms with Gasteiger partial charge in [-0.3, -0.25) is 0 Å². The predicted octanol–water partition coefficient (Wildman–Crippen LogP) is 4.16. The lowest BCUT2D eigenvalue weighted by molar-refractivity contribution is 0.129. The van der Waals surface area contributed by atoms with Crippen molar-refractivity contribution in [1.29, 1.82) is 0 Å². The Hall–Kier alpha value is 0.350. The highest BCUT2D eigenvalue weighted by Crippen LogP contribution is 2.62. The first kappa shape index (κ1) is 10.3. The Labute approximate surface area is 105 Å². The molecule has 4 rings (SSSR count). The van der Waals surface area contributed by atoms with E-state index >= 15 is 0 Å². The Morgan fingerprint density at radius 1 is 0.750 bits per heavy atom. The summed E-state index contributed by atoms with van der Waals surface area (Å²) in [5, 5.41) is 0.757. The molecule has 0 spiro atoms. The van der Waals surface area contributed by atoms with E-state index in [0.717, 1.165) is 40.8 Å². The molecule has 4 aliphatic rings. The highest BCUT2D eigenvalue weighted by molar-refractivity contribution is 7.81. The summed E-state index contributed by atoms with van der Waals surface area (Å²) in [7, 11) is 0. The molecule has 5 unspecified atom stereocenters. The van der Waals surface area contributed by atoms with E-state index in [1.54, 1.807) is 25.7 Å². The molecule has 4 aliphatic carbocycles. The number of rotatable bonds is 0. The Bertz CT molecular complexity index is 287. The first-order chi connectivity index (χ1) is 7.83. The molecule has 0 nitrogen and oxygen atoms in total. The first-order valence-electron chi connectivity index (χ1n) is 7.51. The van der Waals surface area contributed by atoms with Crippen LogP contribution >= 0.6 is 12.6 Å². The minimum absolute atomic E-state index is 0.757. The standard InChI is InChI=1S/C15H24S/c16-14-8-11-7-13(11)15-10-3-1-2-9(6-10)4-5-12(14)15/h9-16H,1-8H2/t9?,10?,11?,12-,13?,14-,15?/m0/s1. The maximum atomic E-state index is 4.95. The smallest absolute Gasteiger partial charge is 0.00506 e. The summed E-state index contributed by atoms with van der Waals surface area (Å²) in [5.74, 6) is 6.56. The Kier molecular flexibility index (Phi) is 2.36. The van der Waals surface area contributed by atoms with E-state index in [4.69, 9.17) is 12.6 Å². The second-order valence-corrected chi connectivity index (χ2v) is 7.74. The van der Waals surface area contributed by atoms with Gasteiger partial charge in [-0.1, -0.05) is 25.7 Å². The number of hydrogen-bond donors (Lipinski definition) is 1. The first-order valence-corrected chi connectivity index (χ1v) is 8.02. The lowest BCUT2D eigenvalue weighted by atomic mass is 9.68. The molecule has 2 bridgehead atoms. The number of hydrogen-bond acceptors (Lipinski definition) is 1. The molecule has 4 saturated carbocycles. The van der Waals surface area contributed by atoms with Crippen LogP contribution in [0.4, 0.5) is 0 Å². The van der Waals surface area contributed by atoms with Crippen LogP contribution < -0.4 is 0 Å². The molecule has 0 aliphatic heterocycles. The van der Waals surface area contributed by atoms with Gasteiger partial charge < -0.3 is 0 Å². The molecule has 0 radical (unpaired) electrons. The summed E-state index contributed by atoms with van der Waals surface area (Å²) in [5.41, 5.74) is 0. The van der Waals surface area contributed by atoms with Crippen molar-refractivity contribution in [3.05, 3.63) is 0 Å². The van der Waals surface area contributed by atoms with E-state index in [1.807, 2.05) is 0 Å². The predicted molar refractivity (Wildman–Crippen MR) is 70.7 cm³/mol. The fraction of sp³-hybridized carbons (Fsp3) is 1.00. The van der Waals surface area contributed by atoms with Crippen molar-refractivity contribution in [3.8, 4) is 0 Å².